The molecule has 1 fully saturated rings. The first-order chi connectivity index (χ1) is 12.3. The molecule has 0 spiro atoms. The van der Waals surface area contributed by atoms with Crippen molar-refractivity contribution in [3.05, 3.63) is 55.0 Å². The number of aromatic nitrogens is 4. The molecule has 2 aromatic heterocycles. The summed E-state index contributed by atoms with van der Waals surface area (Å²) in [6.45, 7) is 2.14. The van der Waals surface area contributed by atoms with Crippen LogP contribution < -0.4 is 10.2 Å². The average molecular weight is 334 g/mol. The van der Waals surface area contributed by atoms with Gasteiger partial charge in [-0.3, -0.25) is 0 Å². The van der Waals surface area contributed by atoms with Crippen molar-refractivity contribution >= 4 is 5.82 Å². The van der Waals surface area contributed by atoms with Gasteiger partial charge < -0.3 is 10.2 Å². The normalized spacial score (nSPS) is 15.2. The molecule has 6 nitrogen and oxygen atoms in total. The van der Waals surface area contributed by atoms with E-state index in [1.165, 1.54) is 0 Å². The van der Waals surface area contributed by atoms with Crippen molar-refractivity contribution in [1.29, 1.82) is 0 Å². The Labute approximate surface area is 147 Å². The van der Waals surface area contributed by atoms with Crippen molar-refractivity contribution in [2.75, 3.05) is 25.0 Å². The van der Waals surface area contributed by atoms with E-state index in [9.17, 15) is 0 Å². The van der Waals surface area contributed by atoms with Crippen LogP contribution in [0.2, 0.25) is 0 Å². The SMILES string of the molecule is CN(c1ccnc(-c2cccc(-n3cccn3)c2)n1)C1CCNCC1. The molecule has 0 unspecified atom stereocenters. The van der Waals surface area contributed by atoms with Crippen LogP contribution in [0.1, 0.15) is 12.8 Å². The molecule has 0 bridgehead atoms. The van der Waals surface area contributed by atoms with Crippen LogP contribution in [0.15, 0.2) is 55.0 Å². The molecule has 1 aliphatic rings. The summed E-state index contributed by atoms with van der Waals surface area (Å²) in [5.41, 5.74) is 2.00. The van der Waals surface area contributed by atoms with Gasteiger partial charge in [0.1, 0.15) is 5.82 Å². The third kappa shape index (κ3) is 3.39. The molecule has 1 N–H and O–H groups in total. The second-order valence-electron chi connectivity index (χ2n) is 6.33. The van der Waals surface area contributed by atoms with E-state index in [-0.39, 0.29) is 0 Å². The van der Waals surface area contributed by atoms with Crippen LogP contribution >= 0.6 is 0 Å². The van der Waals surface area contributed by atoms with Gasteiger partial charge in [0, 0.05) is 37.2 Å². The van der Waals surface area contributed by atoms with Gasteiger partial charge in [-0.1, -0.05) is 12.1 Å². The maximum atomic E-state index is 4.81. The summed E-state index contributed by atoms with van der Waals surface area (Å²) in [4.78, 5) is 11.6. The van der Waals surface area contributed by atoms with E-state index in [1.807, 2.05) is 47.4 Å². The van der Waals surface area contributed by atoms with Crippen LogP contribution in [0.25, 0.3) is 17.1 Å². The van der Waals surface area contributed by atoms with Crippen LogP contribution in [-0.2, 0) is 0 Å². The molecule has 3 aromatic rings. The van der Waals surface area contributed by atoms with E-state index in [2.05, 4.69) is 33.4 Å². The summed E-state index contributed by atoms with van der Waals surface area (Å²) in [7, 11) is 2.13. The zero-order valence-electron chi connectivity index (χ0n) is 14.3. The first-order valence-electron chi connectivity index (χ1n) is 8.68. The number of nitrogens with one attached hydrogen (secondary N) is 1. The van der Waals surface area contributed by atoms with Gasteiger partial charge in [-0.25, -0.2) is 14.6 Å². The van der Waals surface area contributed by atoms with E-state index in [1.54, 1.807) is 6.20 Å². The summed E-state index contributed by atoms with van der Waals surface area (Å²) in [5, 5.41) is 7.70. The van der Waals surface area contributed by atoms with Crippen LogP contribution in [0.4, 0.5) is 5.82 Å². The Morgan fingerprint density at radius 1 is 1.12 bits per heavy atom. The topological polar surface area (TPSA) is 58.9 Å². The minimum atomic E-state index is 0.527. The molecule has 25 heavy (non-hydrogen) atoms. The third-order valence-electron chi connectivity index (χ3n) is 4.73. The molecule has 0 radical (unpaired) electrons. The molecule has 0 atom stereocenters. The minimum absolute atomic E-state index is 0.527. The Morgan fingerprint density at radius 2 is 2.00 bits per heavy atom. The van der Waals surface area contributed by atoms with Crippen molar-refractivity contribution in [3.8, 4) is 17.1 Å². The van der Waals surface area contributed by atoms with Gasteiger partial charge >= 0.3 is 0 Å². The molecule has 1 aromatic carbocycles. The van der Waals surface area contributed by atoms with E-state index in [0.29, 0.717) is 6.04 Å². The van der Waals surface area contributed by atoms with Crippen molar-refractivity contribution in [3.63, 3.8) is 0 Å². The van der Waals surface area contributed by atoms with Gasteiger partial charge in [-0.15, -0.1) is 0 Å². The molecule has 0 saturated carbocycles. The van der Waals surface area contributed by atoms with Crippen molar-refractivity contribution in [2.24, 2.45) is 0 Å². The van der Waals surface area contributed by atoms with Crippen molar-refractivity contribution in [1.82, 2.24) is 25.1 Å². The van der Waals surface area contributed by atoms with Gasteiger partial charge in [0.05, 0.1) is 5.69 Å². The van der Waals surface area contributed by atoms with E-state index < -0.39 is 0 Å². The fourth-order valence-electron chi connectivity index (χ4n) is 3.27. The maximum absolute atomic E-state index is 4.81. The third-order valence-corrected chi connectivity index (χ3v) is 4.73. The largest absolute Gasteiger partial charge is 0.356 e. The number of nitrogens with zero attached hydrogens (tertiary/aromatic N) is 5. The van der Waals surface area contributed by atoms with E-state index in [0.717, 1.165) is 48.8 Å². The maximum Gasteiger partial charge on any atom is 0.161 e. The zero-order valence-corrected chi connectivity index (χ0v) is 14.3. The van der Waals surface area contributed by atoms with Gasteiger partial charge in [-0.2, -0.15) is 5.10 Å². The Morgan fingerprint density at radius 3 is 2.80 bits per heavy atom. The van der Waals surface area contributed by atoms with E-state index >= 15 is 0 Å². The molecule has 0 aliphatic carbocycles. The number of piperidine rings is 1. The molecule has 4 rings (SSSR count). The number of benzene rings is 1. The second kappa shape index (κ2) is 7.03. The van der Waals surface area contributed by atoms with Crippen molar-refractivity contribution < 1.29 is 0 Å². The predicted octanol–water partition coefficient (Wildman–Crippen LogP) is 2.52. The Balaban J connectivity index is 1.62. The molecule has 128 valence electrons. The Bertz CT molecular complexity index is 823. The predicted molar refractivity (Wildman–Crippen MR) is 98.9 cm³/mol. The molecular weight excluding hydrogens is 312 g/mol. The van der Waals surface area contributed by atoms with Crippen LogP contribution in [0.3, 0.4) is 0 Å². The second-order valence-corrected chi connectivity index (χ2v) is 6.33. The van der Waals surface area contributed by atoms with Crippen LogP contribution in [0, 0.1) is 0 Å². The molecule has 1 aliphatic heterocycles. The van der Waals surface area contributed by atoms with Crippen LogP contribution in [0.5, 0.6) is 0 Å². The summed E-state index contributed by atoms with van der Waals surface area (Å²) in [6.07, 6.45) is 7.84. The molecule has 3 heterocycles. The highest BCUT2D eigenvalue weighted by Crippen LogP contribution is 2.22. The molecule has 6 heteroatoms. The number of hydrogen-bond acceptors (Lipinski definition) is 5. The lowest BCUT2D eigenvalue weighted by Crippen LogP contribution is -2.41. The first-order valence-corrected chi connectivity index (χ1v) is 8.68. The van der Waals surface area contributed by atoms with Crippen molar-refractivity contribution in [2.45, 2.75) is 18.9 Å². The minimum Gasteiger partial charge on any atom is -0.356 e. The smallest absolute Gasteiger partial charge is 0.161 e. The fourth-order valence-corrected chi connectivity index (χ4v) is 3.27. The molecule has 1 saturated heterocycles. The Kier molecular flexibility index (Phi) is 4.43. The fraction of sp³-hybridized carbons (Fsp3) is 0.316. The highest BCUT2D eigenvalue weighted by atomic mass is 15.3. The van der Waals surface area contributed by atoms with Crippen LogP contribution in [-0.4, -0.2) is 45.9 Å². The average Bonchev–Trinajstić information content (AvgIpc) is 3.23. The summed E-state index contributed by atoms with van der Waals surface area (Å²) < 4.78 is 1.84. The summed E-state index contributed by atoms with van der Waals surface area (Å²) in [6, 6.07) is 12.6. The van der Waals surface area contributed by atoms with Gasteiger partial charge in [-0.05, 0) is 50.2 Å². The number of rotatable bonds is 4. The zero-order chi connectivity index (χ0) is 17.1. The monoisotopic (exact) mass is 334 g/mol. The summed E-state index contributed by atoms with van der Waals surface area (Å²) >= 11 is 0. The highest BCUT2D eigenvalue weighted by Gasteiger charge is 2.19. The quantitative estimate of drug-likeness (QED) is 0.794. The summed E-state index contributed by atoms with van der Waals surface area (Å²) in [5.74, 6) is 1.72. The highest BCUT2D eigenvalue weighted by molar-refractivity contribution is 5.60. The Hall–Kier alpha value is -2.73. The van der Waals surface area contributed by atoms with Gasteiger partial charge in [0.15, 0.2) is 5.82 Å². The standard InChI is InChI=1S/C19H22N6/c1-24(16-6-10-20-11-7-16)18-8-12-21-19(23-18)15-4-2-5-17(14-15)25-13-3-9-22-25/h2-5,8-9,12-14,16,20H,6-7,10-11H2,1H3. The molecular formula is C19H22N6. The molecule has 0 amide bonds. The lowest BCUT2D eigenvalue weighted by molar-refractivity contribution is 0.441. The first kappa shape index (κ1) is 15.8. The number of anilines is 1. The van der Waals surface area contributed by atoms with Gasteiger partial charge in [0.25, 0.3) is 0 Å². The van der Waals surface area contributed by atoms with E-state index in [4.69, 9.17) is 4.98 Å². The number of hydrogen-bond donors (Lipinski definition) is 1. The lowest BCUT2D eigenvalue weighted by atomic mass is 10.1. The van der Waals surface area contributed by atoms with Gasteiger partial charge in [0.2, 0.25) is 0 Å². The lowest BCUT2D eigenvalue weighted by Gasteiger charge is -2.32.